The zero-order valence-electron chi connectivity index (χ0n) is 81.7. The van der Waals surface area contributed by atoms with Crippen LogP contribution in [0.3, 0.4) is 0 Å². The van der Waals surface area contributed by atoms with Gasteiger partial charge in [-0.25, -0.2) is 10.4 Å². The van der Waals surface area contributed by atoms with Crippen LogP contribution < -0.4 is 85.6 Å². The van der Waals surface area contributed by atoms with Gasteiger partial charge in [-0.3, -0.25) is 95.9 Å². The summed E-state index contributed by atoms with van der Waals surface area (Å²) >= 11 is 0. The summed E-state index contributed by atoms with van der Waals surface area (Å²) < 4.78 is 0. The summed E-state index contributed by atoms with van der Waals surface area (Å²) in [6.45, 7) is 21.0. The number of likely N-dealkylation sites (N-methyl/N-ethyl adjacent to an activating group) is 1. The molecule has 2 heterocycles. The Bertz CT molecular complexity index is 4960. The van der Waals surface area contributed by atoms with Gasteiger partial charge in [0.1, 0.15) is 77.0 Å². The molecule has 0 aliphatic carbocycles. The number of carboxylic acid groups (broad SMARTS) is 1. The number of hydrazine groups is 1. The second-order valence-corrected chi connectivity index (χ2v) is 37.1. The average Bonchev–Trinajstić information content (AvgIpc) is 1.79. The van der Waals surface area contributed by atoms with Crippen LogP contribution in [0, 0.1) is 17.8 Å². The van der Waals surface area contributed by atoms with Gasteiger partial charge in [0, 0.05) is 69.7 Å². The lowest BCUT2D eigenvalue weighted by molar-refractivity contribution is -0.140. The van der Waals surface area contributed by atoms with Gasteiger partial charge in [-0.05, 0) is 180 Å². The highest BCUT2D eigenvalue weighted by Gasteiger charge is 2.44. The second kappa shape index (κ2) is 56.0. The predicted octanol–water partition coefficient (Wildman–Crippen LogP) is 1.05. The van der Waals surface area contributed by atoms with Crippen LogP contribution in [-0.4, -0.2) is 259 Å². The number of fused-ring (bicyclic) bond motifs is 1. The molecule has 0 bridgehead atoms. The molecule has 41 nitrogen and oxygen atoms in total. The molecule has 758 valence electrons. The number of primary amides is 1. The Kier molecular flexibility index (Phi) is 46.9. The van der Waals surface area contributed by atoms with Crippen molar-refractivity contribution in [1.29, 1.82) is 0 Å². The summed E-state index contributed by atoms with van der Waals surface area (Å²) in [5.74, 6) is -20.5. The van der Waals surface area contributed by atoms with Crippen LogP contribution in [0.15, 0.2) is 97.2 Å². The van der Waals surface area contributed by atoms with E-state index in [1.54, 1.807) is 88.5 Å². The van der Waals surface area contributed by atoms with Gasteiger partial charge < -0.3 is 100 Å². The SMILES string of the molecule is CC(=O)CN(C)N[C@@H](C)C(=O)C(=O)[C@H](C)NC(=O)C(C)NC(=O)[C@H](C)NC(=O)C(C)NC(=O)[C@]1(C)CCC/C=C/CCCCCC[C@@](C)(NC(=O)[C@H](Cc2ccccc2)NC(=O)[C@@H](NC(=O)[C@H](CC(C)C)NC(C)=O)[C@@H](C)O)C(=O)N[C@@H](CCC(=O)O)C(=O)NC(Cc2ccc(O)cc2)C(=O)N[C@@H](Cc2c[nH]c3ccccc23)C(=O)NC(C)C(=O)C(=O)[C@H](CCC(N)=O)NC[C@@H](CC(C)C)C(=O)N1. The van der Waals surface area contributed by atoms with Crippen LogP contribution >= 0.6 is 0 Å². The molecule has 0 saturated heterocycles. The van der Waals surface area contributed by atoms with Crippen LogP contribution in [0.1, 0.15) is 217 Å². The van der Waals surface area contributed by atoms with Crippen LogP contribution in [-0.2, 0) is 115 Å². The van der Waals surface area contributed by atoms with Gasteiger partial charge in [0.25, 0.3) is 0 Å². The van der Waals surface area contributed by atoms with Crippen molar-refractivity contribution in [1.82, 2.24) is 89.9 Å². The summed E-state index contributed by atoms with van der Waals surface area (Å²) in [6.07, 6.45) is 2.91. The number of aromatic nitrogens is 1. The molecule has 17 atom stereocenters. The number of nitrogens with zero attached hydrogens (tertiary/aromatic N) is 1. The molecule has 0 fully saturated rings. The Morgan fingerprint density at radius 1 is 0.536 bits per heavy atom. The Morgan fingerprint density at radius 3 is 1.68 bits per heavy atom. The van der Waals surface area contributed by atoms with E-state index in [0.29, 0.717) is 59.7 Å². The normalized spacial score (nSPS) is 21.8. The molecule has 1 aliphatic heterocycles. The van der Waals surface area contributed by atoms with Crippen LogP contribution in [0.4, 0.5) is 0 Å². The number of hydrogen-bond acceptors (Lipinski definition) is 25. The van der Waals surface area contributed by atoms with Gasteiger partial charge in [-0.2, -0.15) is 0 Å². The van der Waals surface area contributed by atoms with Gasteiger partial charge >= 0.3 is 5.97 Å². The van der Waals surface area contributed by atoms with Crippen molar-refractivity contribution in [3.05, 3.63) is 114 Å². The molecule has 0 saturated carbocycles. The molecular weight excluding hydrogens is 1790 g/mol. The maximum atomic E-state index is 15.6. The third-order valence-electron chi connectivity index (χ3n) is 23.4. The molecule has 5 rings (SSSR count). The molecule has 41 heteroatoms. The average molecular weight is 1930 g/mol. The smallest absolute Gasteiger partial charge is 0.303 e. The first-order chi connectivity index (χ1) is 64.8. The number of phenolic OH excluding ortho intramolecular Hbond substituents is 1. The molecule has 14 amide bonds. The van der Waals surface area contributed by atoms with Crippen molar-refractivity contribution in [2.45, 2.75) is 315 Å². The van der Waals surface area contributed by atoms with Crippen molar-refractivity contribution >= 4 is 128 Å². The number of aromatic amines is 1. The summed E-state index contributed by atoms with van der Waals surface area (Å²) in [4.78, 5) is 284. The highest BCUT2D eigenvalue weighted by atomic mass is 16.4. The molecule has 1 aliphatic rings. The van der Waals surface area contributed by atoms with Crippen LogP contribution in [0.5, 0.6) is 5.75 Å². The number of carboxylic acids is 1. The fourth-order valence-corrected chi connectivity index (χ4v) is 15.6. The van der Waals surface area contributed by atoms with E-state index in [9.17, 15) is 82.4 Å². The minimum atomic E-state index is -2.08. The molecule has 4 unspecified atom stereocenters. The summed E-state index contributed by atoms with van der Waals surface area (Å²) in [6, 6.07) is 1.11. The van der Waals surface area contributed by atoms with E-state index >= 15 is 28.8 Å². The van der Waals surface area contributed by atoms with Gasteiger partial charge in [0.05, 0.1) is 42.7 Å². The number of aromatic hydroxyl groups is 1. The zero-order chi connectivity index (χ0) is 103. The molecule has 21 N–H and O–H groups in total. The number of aliphatic hydroxyl groups excluding tert-OH is 1. The molecule has 0 spiro atoms. The molecule has 1 aromatic heterocycles. The highest BCUT2D eigenvalue weighted by molar-refractivity contribution is 6.41. The largest absolute Gasteiger partial charge is 0.508 e. The van der Waals surface area contributed by atoms with Crippen molar-refractivity contribution in [2.75, 3.05) is 20.1 Å². The van der Waals surface area contributed by atoms with Gasteiger partial charge in [0.15, 0.2) is 0 Å². The number of para-hydroxylation sites is 1. The number of carbonyl (C=O) groups excluding carboxylic acids is 19. The lowest BCUT2D eigenvalue weighted by Crippen LogP contribution is -2.65. The number of aliphatic carboxylic acids is 1. The van der Waals surface area contributed by atoms with E-state index in [-0.39, 0.29) is 87.8 Å². The first-order valence-corrected chi connectivity index (χ1v) is 46.8. The van der Waals surface area contributed by atoms with Crippen LogP contribution in [0.25, 0.3) is 10.9 Å². The zero-order valence-corrected chi connectivity index (χ0v) is 81.7. The minimum absolute atomic E-state index is 0.0638. The number of phenols is 1. The molecule has 3 aromatic carbocycles. The lowest BCUT2D eigenvalue weighted by Gasteiger charge is -2.34. The van der Waals surface area contributed by atoms with Crippen molar-refractivity contribution in [3.8, 4) is 5.75 Å². The Balaban J connectivity index is 1.59. The standard InChI is InChI=1S/C97H142N18O23/c1-53(2)45-67-51-100-71(39-41-77(98)120)83(126)81(124)57(7)102-89(132)76(49-66-50-99-70-34-28-27-33-69(66)70)108-90(133)74(48-65-35-37-68(119)38-36-65)107-88(131)72(40-42-78(121)122)110-95(138)97(15,113-92(135)75(47-64-31-25-24-26-32-64)109-93(136)79(62(12)117)111-91(134)73(46-54(3)4)106-63(13)118)44-30-23-21-19-17-18-20-22-29-43-96(14,112-87(67)130)94(137)105-61(11)86(129)104-60(10)85(128)103-59(9)84(127)101-56(6)80(123)82(125)58(8)114-115(16)52-55(5)116/h18,20,24-28,31-38,50,53-54,56-62,67,71-76,79,99-100,114,117,119H,17,19,21-23,29-30,39-49,51-52H2,1-16H3,(H2,98,120)(H,101,127)(H,102,132)(H,103,128)(H,104,129)(H,105,137)(H,106,118)(H,107,131)(H,108,133)(H,109,136)(H,110,138)(H,111,134)(H,112,130)(H,113,135)(H,121,122)/b20-18+/t56-,57?,58-,59?,60-,61?,62+,67+,71-,72-,73-,74?,75-,76-,79-,96-,97+/m0/s1. The highest BCUT2D eigenvalue weighted by Crippen LogP contribution is 2.25. The summed E-state index contributed by atoms with van der Waals surface area (Å²) in [5, 5.41) is 70.5. The lowest BCUT2D eigenvalue weighted by atomic mass is 9.89. The van der Waals surface area contributed by atoms with E-state index < -0.39 is 246 Å². The number of aliphatic hydroxyl groups is 1. The number of benzene rings is 3. The first kappa shape index (κ1) is 115. The Hall–Kier alpha value is -13.0. The van der Waals surface area contributed by atoms with Crippen molar-refractivity contribution in [2.24, 2.45) is 23.5 Å². The van der Waals surface area contributed by atoms with Gasteiger partial charge in [-0.1, -0.05) is 120 Å². The van der Waals surface area contributed by atoms with Crippen LogP contribution in [0.2, 0.25) is 0 Å². The maximum Gasteiger partial charge on any atom is 0.303 e. The van der Waals surface area contributed by atoms with E-state index in [0.717, 1.165) is 0 Å². The number of ketones is 5. The summed E-state index contributed by atoms with van der Waals surface area (Å²) in [5.41, 5.74) is 6.26. The summed E-state index contributed by atoms with van der Waals surface area (Å²) in [7, 11) is 1.50. The number of hydrogen-bond donors (Lipinski definition) is 20. The number of H-pyrrole nitrogens is 1. The molecular formula is C97H142N18O23. The number of nitrogens with one attached hydrogen (secondary N) is 16. The monoisotopic (exact) mass is 1930 g/mol. The Morgan fingerprint density at radius 2 is 1.09 bits per heavy atom. The Labute approximate surface area is 804 Å². The fourth-order valence-electron chi connectivity index (χ4n) is 15.6. The number of allylic oxidation sites excluding steroid dienone is 2. The van der Waals surface area contributed by atoms with E-state index in [2.05, 4.69) is 84.8 Å². The van der Waals surface area contributed by atoms with Gasteiger partial charge in [0.2, 0.25) is 106 Å². The predicted molar refractivity (Wildman–Crippen MR) is 510 cm³/mol. The van der Waals surface area contributed by atoms with Crippen molar-refractivity contribution < 1.29 is 111 Å². The molecule has 138 heavy (non-hydrogen) atoms. The number of nitrogens with two attached hydrogens (primary N) is 1. The fraction of sp³-hybridized carbons (Fsp3) is 0.567. The first-order valence-electron chi connectivity index (χ1n) is 46.8. The molecule has 0 radical (unpaired) electrons. The second-order valence-electron chi connectivity index (χ2n) is 37.1. The number of Topliss-reactive ketones (excluding diaryl/α,β-unsaturated/α-hetero) is 5. The maximum absolute atomic E-state index is 15.6. The van der Waals surface area contributed by atoms with E-state index in [1.165, 1.54) is 112 Å². The number of carbonyl (C=O) groups is 20. The van der Waals surface area contributed by atoms with Crippen molar-refractivity contribution in [3.63, 3.8) is 0 Å². The van der Waals surface area contributed by atoms with Gasteiger partial charge in [-0.15, -0.1) is 0 Å². The van der Waals surface area contributed by atoms with E-state index in [1.807, 2.05) is 12.2 Å². The number of rotatable bonds is 39. The quantitative estimate of drug-likeness (QED) is 0.0169. The van der Waals surface area contributed by atoms with E-state index in [4.69, 9.17) is 5.73 Å². The third-order valence-corrected chi connectivity index (χ3v) is 23.4. The third kappa shape index (κ3) is 38.5. The topological polar surface area (TPSA) is 628 Å². The molecule has 4 aromatic rings. The number of amides is 14. The minimum Gasteiger partial charge on any atom is -0.508 e.